The molecule has 160 valence electrons. The number of ether oxygens (including phenoxy) is 3. The molecule has 0 radical (unpaired) electrons. The molecule has 6 heteroatoms. The summed E-state index contributed by atoms with van der Waals surface area (Å²) in [5.41, 5.74) is 2.34. The van der Waals surface area contributed by atoms with Crippen molar-refractivity contribution in [3.8, 4) is 23.0 Å². The van der Waals surface area contributed by atoms with Crippen LogP contribution in [0.4, 0.5) is 0 Å². The first-order valence-corrected chi connectivity index (χ1v) is 11.4. The molecule has 30 heavy (non-hydrogen) atoms. The molecule has 0 spiro atoms. The third-order valence-corrected chi connectivity index (χ3v) is 6.07. The molecule has 0 aliphatic rings. The van der Waals surface area contributed by atoms with Gasteiger partial charge in [0.05, 0.1) is 26.8 Å². The van der Waals surface area contributed by atoms with Crippen molar-refractivity contribution in [1.82, 2.24) is 4.98 Å². The number of hydrogen-bond acceptors (Lipinski definition) is 5. The lowest BCUT2D eigenvalue weighted by Crippen LogP contribution is -2.10. The van der Waals surface area contributed by atoms with Gasteiger partial charge in [0.15, 0.2) is 0 Å². The van der Waals surface area contributed by atoms with Crippen LogP contribution in [0.3, 0.4) is 0 Å². The smallest absolute Gasteiger partial charge is 0.147 e. The average Bonchev–Trinajstić information content (AvgIpc) is 2.75. The van der Waals surface area contributed by atoms with E-state index in [1.165, 1.54) is 0 Å². The van der Waals surface area contributed by atoms with Crippen molar-refractivity contribution in [2.24, 2.45) is 0 Å². The number of aryl methyl sites for hydroxylation is 1. The Hall–Kier alpha value is -2.22. The van der Waals surface area contributed by atoms with E-state index in [0.29, 0.717) is 42.2 Å². The molecule has 2 aromatic carbocycles. The van der Waals surface area contributed by atoms with Gasteiger partial charge in [-0.05, 0) is 61.4 Å². The molecule has 0 fully saturated rings. The number of hydrogen-bond donors (Lipinski definition) is 1. The maximum absolute atomic E-state index is 11.2. The first-order chi connectivity index (χ1) is 14.6. The lowest BCUT2D eigenvalue weighted by molar-refractivity contribution is 0.215. The standard InChI is InChI=1S/C24H28INO4/c1-4-6-12-18-20(30-14-13-29-17-10-8-7-9-11-17)15-19-21(23(18)27)24(28-5-2)22(25)16(3)26-19/h7-11,15,27H,4-6,12-14H2,1-3H3. The second-order valence-electron chi connectivity index (χ2n) is 6.98. The molecule has 1 aromatic heterocycles. The predicted octanol–water partition coefficient (Wildman–Crippen LogP) is 6.05. The molecule has 0 aliphatic carbocycles. The number of halogens is 1. The number of pyridine rings is 1. The second-order valence-corrected chi connectivity index (χ2v) is 8.06. The maximum Gasteiger partial charge on any atom is 0.147 e. The van der Waals surface area contributed by atoms with Crippen LogP contribution < -0.4 is 14.2 Å². The molecule has 3 rings (SSSR count). The zero-order valence-corrected chi connectivity index (χ0v) is 19.9. The van der Waals surface area contributed by atoms with Crippen molar-refractivity contribution in [1.29, 1.82) is 0 Å². The average molecular weight is 521 g/mol. The van der Waals surface area contributed by atoms with Gasteiger partial charge in [0, 0.05) is 11.6 Å². The van der Waals surface area contributed by atoms with E-state index < -0.39 is 0 Å². The van der Waals surface area contributed by atoms with Crippen molar-refractivity contribution in [3.63, 3.8) is 0 Å². The van der Waals surface area contributed by atoms with Gasteiger partial charge in [-0.3, -0.25) is 4.98 Å². The number of aromatic nitrogens is 1. The Kier molecular flexibility index (Phi) is 8.01. The Bertz CT molecular complexity index is 992. The molecule has 0 bridgehead atoms. The van der Waals surface area contributed by atoms with Gasteiger partial charge in [0.1, 0.15) is 36.2 Å². The van der Waals surface area contributed by atoms with E-state index in [9.17, 15) is 5.11 Å². The van der Waals surface area contributed by atoms with Gasteiger partial charge in [0.2, 0.25) is 0 Å². The van der Waals surface area contributed by atoms with E-state index in [0.717, 1.165) is 39.8 Å². The number of phenolic OH excluding ortho intramolecular Hbond substituents is 1. The highest BCUT2D eigenvalue weighted by molar-refractivity contribution is 14.1. The lowest BCUT2D eigenvalue weighted by atomic mass is 10.0. The van der Waals surface area contributed by atoms with Crippen LogP contribution in [0, 0.1) is 10.5 Å². The predicted molar refractivity (Wildman–Crippen MR) is 128 cm³/mol. The molecule has 0 saturated carbocycles. The van der Waals surface area contributed by atoms with Crippen LogP contribution in [0.15, 0.2) is 36.4 Å². The molecule has 0 saturated heterocycles. The minimum atomic E-state index is 0.203. The van der Waals surface area contributed by atoms with Crippen LogP contribution in [-0.2, 0) is 6.42 Å². The minimum Gasteiger partial charge on any atom is -0.507 e. The highest BCUT2D eigenvalue weighted by atomic mass is 127. The van der Waals surface area contributed by atoms with E-state index in [-0.39, 0.29) is 5.75 Å². The first-order valence-electron chi connectivity index (χ1n) is 10.3. The zero-order valence-electron chi connectivity index (χ0n) is 17.7. The summed E-state index contributed by atoms with van der Waals surface area (Å²) in [6.45, 7) is 7.33. The largest absolute Gasteiger partial charge is 0.507 e. The summed E-state index contributed by atoms with van der Waals surface area (Å²) in [5, 5.41) is 11.8. The summed E-state index contributed by atoms with van der Waals surface area (Å²) in [6.07, 6.45) is 2.70. The highest BCUT2D eigenvalue weighted by Crippen LogP contribution is 2.43. The van der Waals surface area contributed by atoms with Crippen molar-refractivity contribution < 1.29 is 19.3 Å². The zero-order chi connectivity index (χ0) is 21.5. The summed E-state index contributed by atoms with van der Waals surface area (Å²) in [4.78, 5) is 4.68. The number of phenols is 1. The number of unbranched alkanes of at least 4 members (excludes halogenated alkanes) is 1. The highest BCUT2D eigenvalue weighted by Gasteiger charge is 2.21. The SMILES string of the molecule is CCCCc1c(OCCOc2ccccc2)cc2nc(C)c(I)c(OCC)c2c1O. The Morgan fingerprint density at radius 1 is 1.03 bits per heavy atom. The normalized spacial score (nSPS) is 10.9. The first kappa shape index (κ1) is 22.5. The molecule has 1 N–H and O–H groups in total. The lowest BCUT2D eigenvalue weighted by Gasteiger charge is -2.18. The quantitative estimate of drug-likeness (QED) is 0.260. The number of aromatic hydroxyl groups is 1. The molecule has 0 unspecified atom stereocenters. The molecule has 3 aromatic rings. The van der Waals surface area contributed by atoms with Gasteiger partial charge in [-0.2, -0.15) is 0 Å². The van der Waals surface area contributed by atoms with E-state index in [1.54, 1.807) is 0 Å². The Labute approximate surface area is 191 Å². The van der Waals surface area contributed by atoms with E-state index in [4.69, 9.17) is 14.2 Å². The van der Waals surface area contributed by atoms with Gasteiger partial charge in [-0.1, -0.05) is 31.5 Å². The Morgan fingerprint density at radius 3 is 2.47 bits per heavy atom. The van der Waals surface area contributed by atoms with Crippen LogP contribution in [0.2, 0.25) is 0 Å². The molecular formula is C24H28INO4. The van der Waals surface area contributed by atoms with Crippen LogP contribution in [0.1, 0.15) is 37.9 Å². The van der Waals surface area contributed by atoms with Crippen LogP contribution in [-0.4, -0.2) is 29.9 Å². The van der Waals surface area contributed by atoms with Crippen LogP contribution in [0.5, 0.6) is 23.0 Å². The summed E-state index contributed by atoms with van der Waals surface area (Å²) < 4.78 is 18.6. The fourth-order valence-electron chi connectivity index (χ4n) is 3.32. The van der Waals surface area contributed by atoms with Gasteiger partial charge >= 0.3 is 0 Å². The Morgan fingerprint density at radius 2 is 1.77 bits per heavy atom. The molecular weight excluding hydrogens is 493 g/mol. The molecule has 5 nitrogen and oxygen atoms in total. The molecule has 0 aliphatic heterocycles. The summed E-state index contributed by atoms with van der Waals surface area (Å²) in [6, 6.07) is 11.6. The van der Waals surface area contributed by atoms with Crippen LogP contribution >= 0.6 is 22.6 Å². The fourth-order valence-corrected chi connectivity index (χ4v) is 3.87. The van der Waals surface area contributed by atoms with Gasteiger partial charge in [0.25, 0.3) is 0 Å². The monoisotopic (exact) mass is 521 g/mol. The van der Waals surface area contributed by atoms with E-state index >= 15 is 0 Å². The number of nitrogens with zero attached hydrogens (tertiary/aromatic N) is 1. The molecule has 0 amide bonds. The van der Waals surface area contributed by atoms with Crippen molar-refractivity contribution in [2.45, 2.75) is 40.0 Å². The van der Waals surface area contributed by atoms with E-state index in [2.05, 4.69) is 34.5 Å². The van der Waals surface area contributed by atoms with E-state index in [1.807, 2.05) is 50.2 Å². The number of rotatable bonds is 10. The Balaban J connectivity index is 1.92. The molecule has 0 atom stereocenters. The molecule has 1 heterocycles. The van der Waals surface area contributed by atoms with Crippen molar-refractivity contribution in [2.75, 3.05) is 19.8 Å². The van der Waals surface area contributed by atoms with Gasteiger partial charge < -0.3 is 19.3 Å². The number of benzene rings is 2. The third kappa shape index (κ3) is 5.09. The van der Waals surface area contributed by atoms with Gasteiger partial charge in [-0.15, -0.1) is 0 Å². The van der Waals surface area contributed by atoms with Gasteiger partial charge in [-0.25, -0.2) is 0 Å². The van der Waals surface area contributed by atoms with Crippen molar-refractivity contribution >= 4 is 33.5 Å². The minimum absolute atomic E-state index is 0.203. The fraction of sp³-hybridized carbons (Fsp3) is 0.375. The number of fused-ring (bicyclic) bond motifs is 1. The van der Waals surface area contributed by atoms with Crippen molar-refractivity contribution in [3.05, 3.63) is 51.2 Å². The maximum atomic E-state index is 11.2. The summed E-state index contributed by atoms with van der Waals surface area (Å²) >= 11 is 2.23. The number of para-hydroxylation sites is 1. The second kappa shape index (κ2) is 10.7. The topological polar surface area (TPSA) is 60.8 Å². The van der Waals surface area contributed by atoms with Crippen LogP contribution in [0.25, 0.3) is 10.9 Å². The third-order valence-electron chi connectivity index (χ3n) is 4.80. The summed E-state index contributed by atoms with van der Waals surface area (Å²) in [5.74, 6) is 2.35. The summed E-state index contributed by atoms with van der Waals surface area (Å²) in [7, 11) is 0.